The predicted octanol–water partition coefficient (Wildman–Crippen LogP) is 3.75. The topological polar surface area (TPSA) is 126 Å². The summed E-state index contributed by atoms with van der Waals surface area (Å²) in [7, 11) is 1.56. The average Bonchev–Trinajstić information content (AvgIpc) is 2.83. The standard InChI is InChI=1S/C24H28N2O7/c1-17(4-3-5-23(28)26-30)16-22(18-6-10-21(11-7-18)32-15-14-27)33-24(29)25-19-8-12-20(31-2)13-9-19/h3-13,22,27,30H,14-16H2,1-2H3,(H,25,29)(H,26,28)/b5-3+,17-4+/t22-/m0/s1. The number of hydroxylamine groups is 1. The van der Waals surface area contributed by atoms with Crippen molar-refractivity contribution in [2.75, 3.05) is 25.6 Å². The smallest absolute Gasteiger partial charge is 0.412 e. The van der Waals surface area contributed by atoms with E-state index in [-0.39, 0.29) is 13.2 Å². The van der Waals surface area contributed by atoms with Crippen molar-refractivity contribution in [3.63, 3.8) is 0 Å². The fourth-order valence-electron chi connectivity index (χ4n) is 2.82. The second-order valence-electron chi connectivity index (χ2n) is 6.94. The van der Waals surface area contributed by atoms with Gasteiger partial charge in [-0.2, -0.15) is 0 Å². The first-order valence-corrected chi connectivity index (χ1v) is 10.2. The summed E-state index contributed by atoms with van der Waals surface area (Å²) in [4.78, 5) is 23.7. The summed E-state index contributed by atoms with van der Waals surface area (Å²) < 4.78 is 16.2. The Labute approximate surface area is 192 Å². The van der Waals surface area contributed by atoms with E-state index >= 15 is 0 Å². The van der Waals surface area contributed by atoms with Crippen molar-refractivity contribution >= 4 is 17.7 Å². The number of anilines is 1. The minimum Gasteiger partial charge on any atom is -0.497 e. The molecule has 0 unspecified atom stereocenters. The maximum absolute atomic E-state index is 12.6. The van der Waals surface area contributed by atoms with Gasteiger partial charge in [-0.3, -0.25) is 15.3 Å². The molecule has 0 saturated carbocycles. The van der Waals surface area contributed by atoms with Crippen molar-refractivity contribution in [1.29, 1.82) is 0 Å². The van der Waals surface area contributed by atoms with Crippen molar-refractivity contribution in [3.05, 3.63) is 77.9 Å². The quantitative estimate of drug-likeness (QED) is 0.176. The molecule has 9 nitrogen and oxygen atoms in total. The second-order valence-corrected chi connectivity index (χ2v) is 6.94. The van der Waals surface area contributed by atoms with Crippen LogP contribution in [0.1, 0.15) is 25.0 Å². The molecular weight excluding hydrogens is 428 g/mol. The lowest BCUT2D eigenvalue weighted by molar-refractivity contribution is -0.124. The monoisotopic (exact) mass is 456 g/mol. The molecule has 2 aromatic rings. The number of aliphatic hydroxyl groups is 1. The third-order valence-corrected chi connectivity index (χ3v) is 4.44. The van der Waals surface area contributed by atoms with Crippen LogP contribution in [0.3, 0.4) is 0 Å². The minimum absolute atomic E-state index is 0.0924. The van der Waals surface area contributed by atoms with E-state index in [0.29, 0.717) is 23.6 Å². The predicted molar refractivity (Wildman–Crippen MR) is 122 cm³/mol. The van der Waals surface area contributed by atoms with Crippen LogP contribution in [0.2, 0.25) is 0 Å². The number of nitrogens with one attached hydrogen (secondary N) is 2. The van der Waals surface area contributed by atoms with Gasteiger partial charge in [0.15, 0.2) is 0 Å². The van der Waals surface area contributed by atoms with Gasteiger partial charge in [-0.1, -0.05) is 29.9 Å². The highest BCUT2D eigenvalue weighted by molar-refractivity contribution is 5.86. The number of carbonyl (C=O) groups excluding carboxylic acids is 2. The van der Waals surface area contributed by atoms with Gasteiger partial charge in [0.25, 0.3) is 5.91 Å². The highest BCUT2D eigenvalue weighted by Gasteiger charge is 2.18. The molecule has 0 aromatic heterocycles. The number of ether oxygens (including phenoxy) is 3. The Hall–Kier alpha value is -3.82. The van der Waals surface area contributed by atoms with Gasteiger partial charge in [0, 0.05) is 18.2 Å². The molecule has 0 bridgehead atoms. The van der Waals surface area contributed by atoms with E-state index in [2.05, 4.69) is 5.32 Å². The summed E-state index contributed by atoms with van der Waals surface area (Å²) in [5.41, 5.74) is 3.64. The number of hydrogen-bond acceptors (Lipinski definition) is 7. The van der Waals surface area contributed by atoms with E-state index in [1.54, 1.807) is 61.7 Å². The molecule has 0 fully saturated rings. The van der Waals surface area contributed by atoms with Crippen molar-refractivity contribution < 1.29 is 34.1 Å². The van der Waals surface area contributed by atoms with E-state index < -0.39 is 18.1 Å². The molecule has 0 spiro atoms. The van der Waals surface area contributed by atoms with Crippen LogP contribution in [0, 0.1) is 0 Å². The highest BCUT2D eigenvalue weighted by atomic mass is 16.6. The Morgan fingerprint density at radius 3 is 2.33 bits per heavy atom. The Morgan fingerprint density at radius 2 is 1.73 bits per heavy atom. The lowest BCUT2D eigenvalue weighted by atomic mass is 10.0. The molecular formula is C24H28N2O7. The zero-order chi connectivity index (χ0) is 24.1. The van der Waals surface area contributed by atoms with Crippen molar-refractivity contribution in [3.8, 4) is 11.5 Å². The maximum atomic E-state index is 12.6. The SMILES string of the molecule is COc1ccc(NC(=O)O[C@@H](C/C(C)=C/C=C/C(=O)NO)c2ccc(OCCO)cc2)cc1. The van der Waals surface area contributed by atoms with Crippen molar-refractivity contribution in [2.45, 2.75) is 19.4 Å². The molecule has 176 valence electrons. The second kappa shape index (κ2) is 13.6. The normalized spacial score (nSPS) is 12.2. The van der Waals surface area contributed by atoms with Crippen LogP contribution < -0.4 is 20.3 Å². The lowest BCUT2D eigenvalue weighted by Crippen LogP contribution is -2.18. The maximum Gasteiger partial charge on any atom is 0.412 e. The van der Waals surface area contributed by atoms with Crippen LogP contribution in [0.25, 0.3) is 0 Å². The number of amides is 2. The summed E-state index contributed by atoms with van der Waals surface area (Å²) in [5, 5.41) is 20.1. The summed E-state index contributed by atoms with van der Waals surface area (Å²) in [6, 6.07) is 13.9. The van der Waals surface area contributed by atoms with Gasteiger partial charge in [-0.15, -0.1) is 0 Å². The Balaban J connectivity index is 2.14. The van der Waals surface area contributed by atoms with Gasteiger partial charge in [-0.05, 0) is 48.9 Å². The van der Waals surface area contributed by atoms with Crippen LogP contribution in [0.5, 0.6) is 11.5 Å². The van der Waals surface area contributed by atoms with Crippen molar-refractivity contribution in [1.82, 2.24) is 5.48 Å². The zero-order valence-corrected chi connectivity index (χ0v) is 18.5. The molecule has 33 heavy (non-hydrogen) atoms. The van der Waals surface area contributed by atoms with Crippen LogP contribution in [-0.4, -0.2) is 42.6 Å². The molecule has 2 aromatic carbocycles. The van der Waals surface area contributed by atoms with Gasteiger partial charge >= 0.3 is 6.09 Å². The first kappa shape index (κ1) is 25.4. The number of allylic oxidation sites excluding steroid dienone is 2. The van der Waals surface area contributed by atoms with Crippen LogP contribution in [0.15, 0.2) is 72.3 Å². The van der Waals surface area contributed by atoms with E-state index in [1.807, 2.05) is 6.92 Å². The molecule has 0 radical (unpaired) electrons. The molecule has 0 saturated heterocycles. The molecule has 2 rings (SSSR count). The van der Waals surface area contributed by atoms with E-state index in [0.717, 1.165) is 11.1 Å². The zero-order valence-electron chi connectivity index (χ0n) is 18.5. The number of rotatable bonds is 11. The fourth-order valence-corrected chi connectivity index (χ4v) is 2.82. The first-order chi connectivity index (χ1) is 15.9. The third-order valence-electron chi connectivity index (χ3n) is 4.44. The largest absolute Gasteiger partial charge is 0.497 e. The molecule has 0 heterocycles. The van der Waals surface area contributed by atoms with Crippen LogP contribution in [0.4, 0.5) is 10.5 Å². The number of aliphatic hydroxyl groups excluding tert-OH is 1. The molecule has 2 amide bonds. The molecule has 1 atom stereocenters. The molecule has 4 N–H and O–H groups in total. The number of benzene rings is 2. The summed E-state index contributed by atoms with van der Waals surface area (Å²) in [5.74, 6) is 0.600. The Bertz CT molecular complexity index is 954. The third kappa shape index (κ3) is 9.06. The number of carbonyl (C=O) groups is 2. The molecule has 0 aliphatic rings. The number of methoxy groups -OCH3 is 1. The average molecular weight is 456 g/mol. The Morgan fingerprint density at radius 1 is 1.06 bits per heavy atom. The minimum atomic E-state index is -0.649. The van der Waals surface area contributed by atoms with E-state index in [4.69, 9.17) is 24.5 Å². The fraction of sp³-hybridized carbons (Fsp3) is 0.250. The summed E-state index contributed by atoms with van der Waals surface area (Å²) in [6.45, 7) is 1.92. The van der Waals surface area contributed by atoms with E-state index in [9.17, 15) is 9.59 Å². The van der Waals surface area contributed by atoms with Gasteiger partial charge in [0.05, 0.1) is 13.7 Å². The molecule has 0 aliphatic heterocycles. The van der Waals surface area contributed by atoms with Crippen molar-refractivity contribution in [2.24, 2.45) is 0 Å². The van der Waals surface area contributed by atoms with Crippen LogP contribution in [-0.2, 0) is 9.53 Å². The highest BCUT2D eigenvalue weighted by Crippen LogP contribution is 2.28. The first-order valence-electron chi connectivity index (χ1n) is 10.2. The summed E-state index contributed by atoms with van der Waals surface area (Å²) >= 11 is 0. The van der Waals surface area contributed by atoms with Gasteiger partial charge in [-0.25, -0.2) is 10.3 Å². The lowest BCUT2D eigenvalue weighted by Gasteiger charge is -2.19. The van der Waals surface area contributed by atoms with Gasteiger partial charge in [0.1, 0.15) is 24.2 Å². The van der Waals surface area contributed by atoms with E-state index in [1.165, 1.54) is 17.6 Å². The van der Waals surface area contributed by atoms with Gasteiger partial charge < -0.3 is 19.3 Å². The van der Waals surface area contributed by atoms with Gasteiger partial charge in [0.2, 0.25) is 0 Å². The number of hydrogen-bond donors (Lipinski definition) is 4. The Kier molecular flexibility index (Phi) is 10.5. The molecule has 9 heteroatoms. The van der Waals surface area contributed by atoms with Crippen LogP contribution >= 0.6 is 0 Å². The molecule has 0 aliphatic carbocycles. The summed E-state index contributed by atoms with van der Waals surface area (Å²) in [6.07, 6.45) is 3.45.